The summed E-state index contributed by atoms with van der Waals surface area (Å²) in [6.07, 6.45) is 2.08. The minimum Gasteiger partial charge on any atom is -0.315 e. The van der Waals surface area contributed by atoms with Crippen LogP contribution in [0.3, 0.4) is 0 Å². The zero-order chi connectivity index (χ0) is 14.5. The molecule has 0 aliphatic rings. The summed E-state index contributed by atoms with van der Waals surface area (Å²) >= 11 is 1.67. The molecule has 0 unspecified atom stereocenters. The molecule has 0 saturated heterocycles. The van der Waals surface area contributed by atoms with Crippen LogP contribution in [0, 0.1) is 13.8 Å². The smallest absolute Gasteiger partial charge is 0.149 e. The first-order chi connectivity index (χ1) is 9.56. The lowest BCUT2D eigenvalue weighted by molar-refractivity contribution is 0.569. The van der Waals surface area contributed by atoms with Gasteiger partial charge in [-0.15, -0.1) is 10.2 Å². The van der Waals surface area contributed by atoms with Crippen LogP contribution >= 0.6 is 11.3 Å². The predicted molar refractivity (Wildman–Crippen MR) is 84.1 cm³/mol. The summed E-state index contributed by atoms with van der Waals surface area (Å²) in [5, 5.41) is 14.1. The van der Waals surface area contributed by atoms with Crippen LogP contribution in [0.4, 0.5) is 0 Å². The van der Waals surface area contributed by atoms with E-state index in [0.29, 0.717) is 6.04 Å². The number of nitrogens with zero attached hydrogens (tertiary/aromatic N) is 3. The van der Waals surface area contributed by atoms with Crippen molar-refractivity contribution in [2.75, 3.05) is 6.54 Å². The van der Waals surface area contributed by atoms with E-state index in [1.165, 1.54) is 0 Å². The molecule has 4 nitrogen and oxygen atoms in total. The quantitative estimate of drug-likeness (QED) is 0.830. The third-order valence-electron chi connectivity index (χ3n) is 3.04. The van der Waals surface area contributed by atoms with Gasteiger partial charge in [-0.3, -0.25) is 4.98 Å². The highest BCUT2D eigenvalue weighted by atomic mass is 32.1. The van der Waals surface area contributed by atoms with Gasteiger partial charge in [0.05, 0.1) is 0 Å². The molecule has 0 amide bonds. The standard InChI is InChI=1S/C15H22N4S/c1-10(2)16-9-5-6-14-18-19-15(20-14)13-8-7-11(3)17-12(13)4/h7-8,10,16H,5-6,9H2,1-4H3. The van der Waals surface area contributed by atoms with Crippen LogP contribution in [0.5, 0.6) is 0 Å². The highest BCUT2D eigenvalue weighted by Crippen LogP contribution is 2.26. The molecule has 0 atom stereocenters. The zero-order valence-corrected chi connectivity index (χ0v) is 13.4. The second-order valence-electron chi connectivity index (χ2n) is 5.30. The fourth-order valence-corrected chi connectivity index (χ4v) is 2.97. The summed E-state index contributed by atoms with van der Waals surface area (Å²) in [6, 6.07) is 4.65. The van der Waals surface area contributed by atoms with Gasteiger partial charge >= 0.3 is 0 Å². The number of nitrogens with one attached hydrogen (secondary N) is 1. The molecule has 0 radical (unpaired) electrons. The molecule has 0 aromatic carbocycles. The van der Waals surface area contributed by atoms with E-state index < -0.39 is 0 Å². The number of hydrogen-bond acceptors (Lipinski definition) is 5. The summed E-state index contributed by atoms with van der Waals surface area (Å²) in [7, 11) is 0. The summed E-state index contributed by atoms with van der Waals surface area (Å²) in [4.78, 5) is 4.48. The fourth-order valence-electron chi connectivity index (χ4n) is 2.01. The van der Waals surface area contributed by atoms with Crippen molar-refractivity contribution in [3.05, 3.63) is 28.5 Å². The Hall–Kier alpha value is -1.33. The molecule has 2 aromatic heterocycles. The van der Waals surface area contributed by atoms with E-state index in [9.17, 15) is 0 Å². The van der Waals surface area contributed by atoms with E-state index in [0.717, 1.165) is 46.4 Å². The lowest BCUT2D eigenvalue weighted by Crippen LogP contribution is -2.23. The Labute approximate surface area is 124 Å². The lowest BCUT2D eigenvalue weighted by atomic mass is 10.2. The van der Waals surface area contributed by atoms with E-state index in [-0.39, 0.29) is 0 Å². The zero-order valence-electron chi connectivity index (χ0n) is 12.6. The van der Waals surface area contributed by atoms with Gasteiger partial charge in [-0.1, -0.05) is 25.2 Å². The molecule has 0 bridgehead atoms. The normalized spacial score (nSPS) is 11.2. The number of aryl methyl sites for hydroxylation is 3. The maximum absolute atomic E-state index is 4.48. The summed E-state index contributed by atoms with van der Waals surface area (Å²) in [5.41, 5.74) is 3.16. The number of hydrogen-bond donors (Lipinski definition) is 1. The van der Waals surface area contributed by atoms with Crippen LogP contribution < -0.4 is 5.32 Å². The second-order valence-corrected chi connectivity index (χ2v) is 6.36. The Bertz CT molecular complexity index is 563. The van der Waals surface area contributed by atoms with Crippen molar-refractivity contribution in [2.45, 2.75) is 46.6 Å². The van der Waals surface area contributed by atoms with Gasteiger partial charge in [-0.05, 0) is 38.9 Å². The largest absolute Gasteiger partial charge is 0.315 e. The first-order valence-electron chi connectivity index (χ1n) is 7.06. The van der Waals surface area contributed by atoms with Gasteiger partial charge in [0.25, 0.3) is 0 Å². The molecule has 5 heteroatoms. The molecule has 1 N–H and O–H groups in total. The monoisotopic (exact) mass is 290 g/mol. The Morgan fingerprint density at radius 2 is 2.00 bits per heavy atom. The van der Waals surface area contributed by atoms with Gasteiger partial charge in [0, 0.05) is 29.4 Å². The molecule has 2 heterocycles. The second kappa shape index (κ2) is 6.90. The van der Waals surface area contributed by atoms with Gasteiger partial charge < -0.3 is 5.32 Å². The molecule has 0 saturated carbocycles. The van der Waals surface area contributed by atoms with E-state index in [4.69, 9.17) is 0 Å². The molecular weight excluding hydrogens is 268 g/mol. The van der Waals surface area contributed by atoms with Crippen molar-refractivity contribution in [1.82, 2.24) is 20.5 Å². The molecule has 2 rings (SSSR count). The molecule has 0 aliphatic carbocycles. The van der Waals surface area contributed by atoms with Crippen LogP contribution in [0.15, 0.2) is 12.1 Å². The summed E-state index contributed by atoms with van der Waals surface area (Å²) < 4.78 is 0. The number of rotatable bonds is 6. The molecule has 2 aromatic rings. The van der Waals surface area contributed by atoms with E-state index in [2.05, 4.69) is 40.4 Å². The third kappa shape index (κ3) is 4.08. The highest BCUT2D eigenvalue weighted by molar-refractivity contribution is 7.14. The maximum Gasteiger partial charge on any atom is 0.149 e. The van der Waals surface area contributed by atoms with Crippen molar-refractivity contribution >= 4 is 11.3 Å². The summed E-state index contributed by atoms with van der Waals surface area (Å²) in [6.45, 7) is 9.38. The van der Waals surface area contributed by atoms with Gasteiger partial charge in [-0.25, -0.2) is 0 Å². The molecule has 108 valence electrons. The lowest BCUT2D eigenvalue weighted by Gasteiger charge is -2.05. The molecule has 20 heavy (non-hydrogen) atoms. The van der Waals surface area contributed by atoms with Crippen molar-refractivity contribution in [2.24, 2.45) is 0 Å². The third-order valence-corrected chi connectivity index (χ3v) is 4.06. The van der Waals surface area contributed by atoms with Crippen LogP contribution in [0.2, 0.25) is 0 Å². The minimum absolute atomic E-state index is 0.543. The van der Waals surface area contributed by atoms with Crippen molar-refractivity contribution in [3.63, 3.8) is 0 Å². The summed E-state index contributed by atoms with van der Waals surface area (Å²) in [5.74, 6) is 0. The van der Waals surface area contributed by atoms with Gasteiger partial charge in [0.15, 0.2) is 0 Å². The first-order valence-corrected chi connectivity index (χ1v) is 7.88. The predicted octanol–water partition coefficient (Wildman–Crippen LogP) is 3.15. The first kappa shape index (κ1) is 15.1. The van der Waals surface area contributed by atoms with Crippen molar-refractivity contribution < 1.29 is 0 Å². The molecule has 0 fully saturated rings. The van der Waals surface area contributed by atoms with Gasteiger partial charge in [0.1, 0.15) is 10.0 Å². The minimum atomic E-state index is 0.543. The Morgan fingerprint density at radius 3 is 2.70 bits per heavy atom. The van der Waals surface area contributed by atoms with E-state index >= 15 is 0 Å². The Morgan fingerprint density at radius 1 is 1.20 bits per heavy atom. The van der Waals surface area contributed by atoms with Gasteiger partial charge in [0.2, 0.25) is 0 Å². The van der Waals surface area contributed by atoms with Crippen LogP contribution in [-0.4, -0.2) is 27.8 Å². The fraction of sp³-hybridized carbons (Fsp3) is 0.533. The van der Waals surface area contributed by atoms with Crippen LogP contribution in [0.25, 0.3) is 10.6 Å². The molecular formula is C15H22N4S. The number of aromatic nitrogens is 3. The average molecular weight is 290 g/mol. The Balaban J connectivity index is 1.98. The van der Waals surface area contributed by atoms with Crippen molar-refractivity contribution in [1.29, 1.82) is 0 Å². The SMILES string of the molecule is Cc1ccc(-c2nnc(CCCNC(C)C)s2)c(C)n1. The van der Waals surface area contributed by atoms with Gasteiger partial charge in [-0.2, -0.15) is 0 Å². The average Bonchev–Trinajstić information content (AvgIpc) is 2.83. The number of pyridine rings is 1. The van der Waals surface area contributed by atoms with Crippen molar-refractivity contribution in [3.8, 4) is 10.6 Å². The Kier molecular flexibility index (Phi) is 5.20. The van der Waals surface area contributed by atoms with E-state index in [1.807, 2.05) is 19.9 Å². The molecule has 0 aliphatic heterocycles. The topological polar surface area (TPSA) is 50.7 Å². The van der Waals surface area contributed by atoms with Crippen LogP contribution in [0.1, 0.15) is 36.7 Å². The van der Waals surface area contributed by atoms with E-state index in [1.54, 1.807) is 11.3 Å². The highest BCUT2D eigenvalue weighted by Gasteiger charge is 2.10. The maximum atomic E-state index is 4.48. The molecule has 0 spiro atoms. The van der Waals surface area contributed by atoms with Crippen LogP contribution in [-0.2, 0) is 6.42 Å².